The summed E-state index contributed by atoms with van der Waals surface area (Å²) in [4.78, 5) is 39.7. The Balaban J connectivity index is 1.23. The van der Waals surface area contributed by atoms with Gasteiger partial charge < -0.3 is 19.3 Å². The Morgan fingerprint density at radius 3 is 2.62 bits per heavy atom. The molecule has 9 heteroatoms. The van der Waals surface area contributed by atoms with Gasteiger partial charge >= 0.3 is 11.4 Å². The first kappa shape index (κ1) is 26.2. The van der Waals surface area contributed by atoms with Crippen LogP contribution in [0.25, 0.3) is 11.1 Å². The van der Waals surface area contributed by atoms with Gasteiger partial charge in [0.25, 0.3) is 5.91 Å². The van der Waals surface area contributed by atoms with E-state index in [9.17, 15) is 19.5 Å². The third-order valence-electron chi connectivity index (χ3n) is 7.06. The monoisotopic (exact) mass is 529 g/mol. The Hall–Kier alpha value is -4.37. The number of nitrogens with one attached hydrogen (secondary N) is 1. The lowest BCUT2D eigenvalue weighted by atomic mass is 9.95. The second-order valence-electron chi connectivity index (χ2n) is 9.95. The molecule has 0 aliphatic carbocycles. The van der Waals surface area contributed by atoms with Crippen molar-refractivity contribution < 1.29 is 19.2 Å². The molecule has 5 rings (SSSR count). The number of carbonyl (C=O) groups is 1. The summed E-state index contributed by atoms with van der Waals surface area (Å²) < 4.78 is 11.7. The topological polar surface area (TPSA) is 118 Å². The van der Waals surface area contributed by atoms with Gasteiger partial charge in [0.2, 0.25) is 0 Å². The van der Waals surface area contributed by atoms with Gasteiger partial charge in [0.05, 0.1) is 6.54 Å². The number of aryl methyl sites for hydroxylation is 1. The van der Waals surface area contributed by atoms with E-state index in [0.717, 1.165) is 51.9 Å². The quantitative estimate of drug-likeness (QED) is 0.360. The normalized spacial score (nSPS) is 15.3. The molecule has 1 amide bonds. The van der Waals surface area contributed by atoms with Crippen LogP contribution in [0, 0.1) is 12.8 Å². The molecule has 202 valence electrons. The molecule has 4 aromatic rings. The summed E-state index contributed by atoms with van der Waals surface area (Å²) in [6, 6.07) is 21.2. The first-order chi connectivity index (χ1) is 18.9. The summed E-state index contributed by atoms with van der Waals surface area (Å²) in [5.41, 5.74) is 4.98. The van der Waals surface area contributed by atoms with E-state index in [0.29, 0.717) is 24.5 Å². The van der Waals surface area contributed by atoms with Crippen molar-refractivity contribution in [1.29, 1.82) is 0 Å². The molecular formula is C30H31N3O6. The number of nitrogens with zero attached hydrogens (tertiary/aromatic N) is 2. The smallest absolute Gasteiger partial charge is 0.440 e. The van der Waals surface area contributed by atoms with E-state index >= 15 is 0 Å². The lowest BCUT2D eigenvalue weighted by Gasteiger charge is -2.32. The minimum atomic E-state index is -0.781. The second-order valence-corrected chi connectivity index (χ2v) is 9.95. The third kappa shape index (κ3) is 6.21. The molecule has 2 N–H and O–H groups in total. The van der Waals surface area contributed by atoms with Crippen LogP contribution in [0.4, 0.5) is 0 Å². The first-order valence-corrected chi connectivity index (χ1v) is 13.0. The second kappa shape index (κ2) is 11.6. The fraction of sp³-hybridized carbons (Fsp3) is 0.300. The Bertz CT molecular complexity index is 1570. The molecule has 0 radical (unpaired) electrons. The van der Waals surface area contributed by atoms with Crippen molar-refractivity contribution in [2.75, 3.05) is 19.7 Å². The largest absolute Gasteiger partial charge is 0.489 e. The predicted octanol–water partition coefficient (Wildman–Crippen LogP) is 3.58. The highest BCUT2D eigenvalue weighted by atomic mass is 16.5. The maximum atomic E-state index is 13.1. The highest BCUT2D eigenvalue weighted by Gasteiger charge is 2.24. The van der Waals surface area contributed by atoms with Gasteiger partial charge in [0, 0.05) is 25.3 Å². The summed E-state index contributed by atoms with van der Waals surface area (Å²) in [5, 5.41) is 9.49. The number of aromatic nitrogens is 2. The third-order valence-corrected chi connectivity index (χ3v) is 7.06. The highest BCUT2D eigenvalue weighted by molar-refractivity contribution is 5.95. The maximum absolute atomic E-state index is 13.1. The number of amides is 1. The number of benzene rings is 3. The lowest BCUT2D eigenvalue weighted by Crippen LogP contribution is -2.40. The van der Waals surface area contributed by atoms with E-state index in [2.05, 4.69) is 11.1 Å². The van der Waals surface area contributed by atoms with Crippen LogP contribution in [0.3, 0.4) is 0 Å². The van der Waals surface area contributed by atoms with Gasteiger partial charge in [-0.25, -0.2) is 14.6 Å². The Labute approximate surface area is 225 Å². The van der Waals surface area contributed by atoms with E-state index < -0.39 is 11.4 Å². The number of carbonyl (C=O) groups excluding carboxylic acids is 1. The highest BCUT2D eigenvalue weighted by Crippen LogP contribution is 2.27. The van der Waals surface area contributed by atoms with Gasteiger partial charge in [-0.3, -0.25) is 4.79 Å². The summed E-state index contributed by atoms with van der Waals surface area (Å²) >= 11 is 0. The van der Waals surface area contributed by atoms with E-state index in [1.807, 2.05) is 60.4 Å². The predicted molar refractivity (Wildman–Crippen MR) is 146 cm³/mol. The lowest BCUT2D eigenvalue weighted by molar-refractivity contribution is 0.0620. The van der Waals surface area contributed by atoms with Crippen molar-refractivity contribution in [2.45, 2.75) is 32.9 Å². The SMILES string of the molecule is Cc1cc(C(=O)N2CCCC(CO)C2)ccc1-c1cccc(COc2ccc(Cn3oc(=O)[nH]c3=O)cc2)c1. The van der Waals surface area contributed by atoms with Gasteiger partial charge in [-0.1, -0.05) is 36.4 Å². The molecule has 3 aromatic carbocycles. The fourth-order valence-corrected chi connectivity index (χ4v) is 4.97. The molecule has 1 saturated heterocycles. The molecule has 1 fully saturated rings. The van der Waals surface area contributed by atoms with Crippen molar-refractivity contribution in [2.24, 2.45) is 5.92 Å². The van der Waals surface area contributed by atoms with Crippen LogP contribution in [-0.2, 0) is 13.2 Å². The van der Waals surface area contributed by atoms with Crippen LogP contribution in [0.15, 0.2) is 80.8 Å². The summed E-state index contributed by atoms with van der Waals surface area (Å²) in [5.74, 6) is 0.0646. The van der Waals surface area contributed by atoms with Crippen molar-refractivity contribution in [3.63, 3.8) is 0 Å². The van der Waals surface area contributed by atoms with Crippen LogP contribution in [0.2, 0.25) is 0 Å². The molecule has 39 heavy (non-hydrogen) atoms. The molecule has 1 aliphatic heterocycles. The average molecular weight is 530 g/mol. The number of aromatic amines is 1. The van der Waals surface area contributed by atoms with Crippen molar-refractivity contribution in [1.82, 2.24) is 14.6 Å². The Morgan fingerprint density at radius 2 is 1.90 bits per heavy atom. The fourth-order valence-electron chi connectivity index (χ4n) is 4.97. The number of hydrogen-bond donors (Lipinski definition) is 2. The van der Waals surface area contributed by atoms with Gasteiger partial charge in [0.15, 0.2) is 0 Å². The van der Waals surface area contributed by atoms with E-state index in [-0.39, 0.29) is 25.0 Å². The zero-order valence-corrected chi connectivity index (χ0v) is 21.8. The van der Waals surface area contributed by atoms with Gasteiger partial charge in [0.1, 0.15) is 12.4 Å². The molecule has 0 spiro atoms. The van der Waals surface area contributed by atoms with E-state index in [1.165, 1.54) is 0 Å². The molecule has 9 nitrogen and oxygen atoms in total. The number of aliphatic hydroxyl groups is 1. The maximum Gasteiger partial charge on any atom is 0.440 e. The molecular weight excluding hydrogens is 498 g/mol. The minimum Gasteiger partial charge on any atom is -0.489 e. The minimum absolute atomic E-state index is 0.0145. The Kier molecular flexibility index (Phi) is 7.79. The van der Waals surface area contributed by atoms with Crippen molar-refractivity contribution >= 4 is 5.91 Å². The zero-order valence-electron chi connectivity index (χ0n) is 21.8. The summed E-state index contributed by atoms with van der Waals surface area (Å²) in [7, 11) is 0. The zero-order chi connectivity index (χ0) is 27.4. The van der Waals surface area contributed by atoms with Crippen LogP contribution in [0.5, 0.6) is 5.75 Å². The number of aliphatic hydroxyl groups excluding tert-OH is 1. The molecule has 1 aromatic heterocycles. The van der Waals surface area contributed by atoms with Crippen LogP contribution >= 0.6 is 0 Å². The number of H-pyrrole nitrogens is 1. The number of likely N-dealkylation sites (tertiary alicyclic amines) is 1. The number of rotatable bonds is 8. The van der Waals surface area contributed by atoms with E-state index in [1.54, 1.807) is 12.1 Å². The molecule has 1 unspecified atom stereocenters. The van der Waals surface area contributed by atoms with Crippen LogP contribution in [0.1, 0.15) is 39.9 Å². The van der Waals surface area contributed by atoms with Crippen molar-refractivity contribution in [3.05, 3.63) is 110 Å². The average Bonchev–Trinajstić information content (AvgIpc) is 3.28. The van der Waals surface area contributed by atoms with Gasteiger partial charge in [-0.15, -0.1) is 4.74 Å². The first-order valence-electron chi connectivity index (χ1n) is 13.0. The van der Waals surface area contributed by atoms with Crippen LogP contribution in [-0.4, -0.2) is 45.3 Å². The van der Waals surface area contributed by atoms with E-state index in [4.69, 9.17) is 9.26 Å². The van der Waals surface area contributed by atoms with Crippen molar-refractivity contribution in [3.8, 4) is 16.9 Å². The number of ether oxygens (including phenoxy) is 1. The molecule has 1 atom stereocenters. The molecule has 1 aliphatic rings. The summed E-state index contributed by atoms with van der Waals surface area (Å²) in [6.45, 7) is 3.97. The number of hydrogen-bond acceptors (Lipinski definition) is 6. The molecule has 2 heterocycles. The standard InChI is InChI=1S/C30H31N3O6/c1-20-14-25(28(35)32-13-3-5-23(16-32)18-34)9-12-27(20)24-6-2-4-22(15-24)19-38-26-10-7-21(8-11-26)17-33-29(36)31-30(37)39-33/h2,4,6-12,14-15,23,34H,3,5,13,16-19H2,1H3,(H,31,36,37). The molecule has 0 bridgehead atoms. The van der Waals surface area contributed by atoms with Crippen LogP contribution < -0.4 is 16.2 Å². The number of piperidine rings is 1. The van der Waals surface area contributed by atoms with Gasteiger partial charge in [-0.05, 0) is 83.8 Å². The summed E-state index contributed by atoms with van der Waals surface area (Å²) in [6.07, 6.45) is 1.88. The Morgan fingerprint density at radius 1 is 1.08 bits per heavy atom. The van der Waals surface area contributed by atoms with Gasteiger partial charge in [-0.2, -0.15) is 0 Å². The molecule has 0 saturated carbocycles.